The first-order valence-electron chi connectivity index (χ1n) is 21.6. The minimum Gasteiger partial charge on any atom is -0.457 e. The summed E-state index contributed by atoms with van der Waals surface area (Å²) in [5, 5.41) is 71.7. The predicted molar refractivity (Wildman–Crippen MR) is 215 cm³/mol. The average Bonchev–Trinajstić information content (AvgIpc) is 3.20. The van der Waals surface area contributed by atoms with Gasteiger partial charge in [0.05, 0.1) is 26.4 Å². The molecule has 0 amide bonds. The number of hydrogen-bond donors (Lipinski definition) is 7. The Morgan fingerprint density at radius 2 is 1.14 bits per heavy atom. The molecule has 0 saturated carbocycles. The van der Waals surface area contributed by atoms with Crippen molar-refractivity contribution in [2.24, 2.45) is 0 Å². The molecule has 2 aliphatic rings. The lowest BCUT2D eigenvalue weighted by Gasteiger charge is -2.42. The number of allylic oxidation sites excluding steroid dienone is 6. The number of rotatable bonds is 32. The fourth-order valence-electron chi connectivity index (χ4n) is 6.59. The highest BCUT2D eigenvalue weighted by atomic mass is 16.7. The fourth-order valence-corrected chi connectivity index (χ4v) is 6.59. The molecule has 11 unspecified atom stereocenters. The Morgan fingerprint density at radius 3 is 1.79 bits per heavy atom. The van der Waals surface area contributed by atoms with Gasteiger partial charge in [-0.05, 0) is 44.9 Å². The van der Waals surface area contributed by atoms with Gasteiger partial charge in [0.2, 0.25) is 0 Å². The Bertz CT molecular complexity index is 1090. The van der Waals surface area contributed by atoms with E-state index in [-0.39, 0.29) is 19.6 Å². The minimum absolute atomic E-state index is 0.0529. The van der Waals surface area contributed by atoms with Crippen LogP contribution in [0, 0.1) is 0 Å². The van der Waals surface area contributed by atoms with Crippen LogP contribution in [0.3, 0.4) is 0 Å². The van der Waals surface area contributed by atoms with Crippen molar-refractivity contribution in [2.45, 2.75) is 197 Å². The highest BCUT2D eigenvalue weighted by molar-refractivity contribution is 5.69. The highest BCUT2D eigenvalue weighted by Gasteiger charge is 2.47. The third kappa shape index (κ3) is 21.3. The summed E-state index contributed by atoms with van der Waals surface area (Å²) < 4.78 is 34.0. The van der Waals surface area contributed by atoms with Crippen LogP contribution in [0.5, 0.6) is 0 Å². The monoisotopic (exact) mass is 817 g/mol. The number of aliphatic hydroxyl groups excluding tert-OH is 7. The predicted octanol–water partition coefficient (Wildman–Crippen LogP) is 4.29. The number of carbonyl (C=O) groups excluding carboxylic acids is 1. The van der Waals surface area contributed by atoms with Crippen molar-refractivity contribution in [1.82, 2.24) is 0 Å². The Labute approximate surface area is 340 Å². The zero-order valence-corrected chi connectivity index (χ0v) is 34.6. The quantitative estimate of drug-likeness (QED) is 0.0287. The van der Waals surface area contributed by atoms with Crippen molar-refractivity contribution in [3.05, 3.63) is 36.5 Å². The highest BCUT2D eigenvalue weighted by Crippen LogP contribution is 2.26. The lowest BCUT2D eigenvalue weighted by atomic mass is 9.98. The van der Waals surface area contributed by atoms with Crippen molar-refractivity contribution in [1.29, 1.82) is 0 Å². The van der Waals surface area contributed by atoms with E-state index < -0.39 is 86.7 Å². The van der Waals surface area contributed by atoms with E-state index in [1.165, 1.54) is 32.1 Å². The molecule has 11 atom stereocenters. The average molecular weight is 817 g/mol. The van der Waals surface area contributed by atoms with E-state index in [0.717, 1.165) is 70.6 Å². The zero-order chi connectivity index (χ0) is 41.7. The Balaban J connectivity index is 1.80. The first-order chi connectivity index (χ1) is 27.6. The van der Waals surface area contributed by atoms with Crippen LogP contribution in [0.1, 0.15) is 129 Å². The maximum atomic E-state index is 12.8. The summed E-state index contributed by atoms with van der Waals surface area (Å²) in [6.07, 6.45) is 15.3. The number of carbonyl (C=O) groups is 1. The summed E-state index contributed by atoms with van der Waals surface area (Å²) in [6.45, 7) is 3.46. The molecule has 0 radical (unpaired) electrons. The topological polar surface area (TPSA) is 214 Å². The summed E-state index contributed by atoms with van der Waals surface area (Å²) in [7, 11) is 0. The van der Waals surface area contributed by atoms with Crippen LogP contribution in [-0.4, -0.2) is 142 Å². The summed E-state index contributed by atoms with van der Waals surface area (Å²) in [4.78, 5) is 12.8. The Morgan fingerprint density at radius 1 is 0.596 bits per heavy atom. The lowest BCUT2D eigenvalue weighted by molar-refractivity contribution is -0.332. The largest absolute Gasteiger partial charge is 0.457 e. The van der Waals surface area contributed by atoms with E-state index in [0.29, 0.717) is 13.0 Å². The first-order valence-corrected chi connectivity index (χ1v) is 21.6. The fraction of sp³-hybridized carbons (Fsp3) is 0.837. The third-order valence-corrected chi connectivity index (χ3v) is 10.2. The molecule has 0 spiro atoms. The first kappa shape index (κ1) is 51.4. The molecule has 0 bridgehead atoms. The molecule has 7 N–H and O–H groups in total. The van der Waals surface area contributed by atoms with Crippen LogP contribution < -0.4 is 0 Å². The summed E-state index contributed by atoms with van der Waals surface area (Å²) in [5.74, 6) is -0.390. The second-order valence-electron chi connectivity index (χ2n) is 15.1. The molecular formula is C43H76O14. The van der Waals surface area contributed by atoms with Crippen LogP contribution in [0.4, 0.5) is 0 Å². The van der Waals surface area contributed by atoms with Gasteiger partial charge in [0, 0.05) is 13.0 Å². The molecule has 2 rings (SSSR count). The molecule has 14 nitrogen and oxygen atoms in total. The number of unbranched alkanes of at least 4 members (excludes halogenated alkanes) is 12. The van der Waals surface area contributed by atoms with Gasteiger partial charge in [-0.3, -0.25) is 4.79 Å². The van der Waals surface area contributed by atoms with Crippen molar-refractivity contribution in [3.8, 4) is 0 Å². The van der Waals surface area contributed by atoms with E-state index in [4.69, 9.17) is 28.4 Å². The smallest absolute Gasteiger partial charge is 0.306 e. The van der Waals surface area contributed by atoms with Crippen molar-refractivity contribution >= 4 is 5.97 Å². The number of aliphatic hydroxyl groups is 7. The molecule has 2 saturated heterocycles. The Hall–Kier alpha value is -1.79. The molecule has 2 aliphatic heterocycles. The molecule has 0 aromatic heterocycles. The maximum absolute atomic E-state index is 12.8. The standard InChI is InChI=1S/C43H76O14/c1-3-5-7-9-11-12-13-14-15-16-17-18-19-21-23-25-27-52-29-32(55-35(45)26-24-22-20-10-8-6-4-2)30-53-42-41(51)39(49)37(47)34(57-42)31-54-43-40(50)38(48)36(46)33(28-44)56-43/h5,7,11-12,14-15,32-34,36-44,46-51H,3-4,6,8-10,13,16-31H2,1-2H3/b7-5-,12-11-,15-14-. The van der Waals surface area contributed by atoms with Crippen molar-refractivity contribution in [2.75, 3.05) is 33.0 Å². The number of esters is 1. The lowest BCUT2D eigenvalue weighted by Crippen LogP contribution is -2.61. The van der Waals surface area contributed by atoms with Crippen LogP contribution in [0.15, 0.2) is 36.5 Å². The van der Waals surface area contributed by atoms with Gasteiger partial charge in [0.15, 0.2) is 12.6 Å². The molecule has 57 heavy (non-hydrogen) atoms. The molecule has 2 fully saturated rings. The summed E-state index contributed by atoms with van der Waals surface area (Å²) >= 11 is 0. The van der Waals surface area contributed by atoms with Crippen LogP contribution in [0.25, 0.3) is 0 Å². The van der Waals surface area contributed by atoms with E-state index in [9.17, 15) is 40.5 Å². The second-order valence-corrected chi connectivity index (χ2v) is 15.1. The van der Waals surface area contributed by atoms with E-state index >= 15 is 0 Å². The Kier molecular flexibility index (Phi) is 28.9. The van der Waals surface area contributed by atoms with Crippen molar-refractivity contribution < 1.29 is 69.0 Å². The second kappa shape index (κ2) is 32.0. The summed E-state index contributed by atoms with van der Waals surface area (Å²) in [6, 6.07) is 0. The van der Waals surface area contributed by atoms with E-state index in [1.54, 1.807) is 0 Å². The van der Waals surface area contributed by atoms with Crippen molar-refractivity contribution in [3.63, 3.8) is 0 Å². The van der Waals surface area contributed by atoms with Crippen LogP contribution in [0.2, 0.25) is 0 Å². The molecule has 2 heterocycles. The number of hydrogen-bond acceptors (Lipinski definition) is 14. The molecule has 14 heteroatoms. The van der Waals surface area contributed by atoms with Gasteiger partial charge in [0.1, 0.15) is 54.9 Å². The molecule has 0 aliphatic carbocycles. The minimum atomic E-state index is -1.71. The van der Waals surface area contributed by atoms with Gasteiger partial charge >= 0.3 is 5.97 Å². The van der Waals surface area contributed by atoms with Gasteiger partial charge < -0.3 is 64.2 Å². The zero-order valence-electron chi connectivity index (χ0n) is 34.6. The maximum Gasteiger partial charge on any atom is 0.306 e. The molecule has 0 aromatic carbocycles. The third-order valence-electron chi connectivity index (χ3n) is 10.2. The summed E-state index contributed by atoms with van der Waals surface area (Å²) in [5.41, 5.74) is 0. The van der Waals surface area contributed by atoms with E-state index in [2.05, 4.69) is 50.3 Å². The van der Waals surface area contributed by atoms with Gasteiger partial charge in [-0.25, -0.2) is 0 Å². The molecule has 332 valence electrons. The van der Waals surface area contributed by atoms with Crippen LogP contribution >= 0.6 is 0 Å². The van der Waals surface area contributed by atoms with E-state index in [1.807, 2.05) is 0 Å². The normalized spacial score (nSPS) is 28.9. The van der Waals surface area contributed by atoms with Gasteiger partial charge in [-0.1, -0.05) is 115 Å². The van der Waals surface area contributed by atoms with Crippen LogP contribution in [-0.2, 0) is 33.2 Å². The molecular weight excluding hydrogens is 740 g/mol. The molecule has 0 aromatic rings. The van der Waals surface area contributed by atoms with Gasteiger partial charge in [0.25, 0.3) is 0 Å². The SMILES string of the molecule is CC/C=C\C/C=C\C/C=C\CCCCCCCCOCC(COC1OC(COC2OC(CO)C(O)C(O)C2O)C(O)C(O)C1O)OC(=O)CCCCCCCCC. The van der Waals surface area contributed by atoms with Gasteiger partial charge in [-0.2, -0.15) is 0 Å². The number of ether oxygens (including phenoxy) is 6. The van der Waals surface area contributed by atoms with Gasteiger partial charge in [-0.15, -0.1) is 0 Å².